The van der Waals surface area contributed by atoms with Gasteiger partial charge in [0, 0.05) is 30.1 Å². The van der Waals surface area contributed by atoms with E-state index in [1.54, 1.807) is 6.33 Å². The fourth-order valence-corrected chi connectivity index (χ4v) is 4.31. The number of oxazole rings is 1. The van der Waals surface area contributed by atoms with Crippen molar-refractivity contribution in [1.82, 2.24) is 24.7 Å². The summed E-state index contributed by atoms with van der Waals surface area (Å²) in [5.74, 6) is 2.01. The lowest BCUT2D eigenvalue weighted by Crippen LogP contribution is -1.97. The lowest BCUT2D eigenvalue weighted by molar-refractivity contribution is 0.616. The van der Waals surface area contributed by atoms with Crippen molar-refractivity contribution in [2.45, 2.75) is 24.6 Å². The Morgan fingerprint density at radius 3 is 2.71 bits per heavy atom. The molecule has 0 atom stereocenters. The van der Waals surface area contributed by atoms with Gasteiger partial charge in [-0.3, -0.25) is 0 Å². The fraction of sp³-hybridized carbons (Fsp3) is 0.192. The summed E-state index contributed by atoms with van der Waals surface area (Å²) in [6.45, 7) is 0. The van der Waals surface area contributed by atoms with E-state index in [4.69, 9.17) is 26.0 Å². The first kappa shape index (κ1) is 20.6. The Labute approximate surface area is 200 Å². The number of rotatable bonds is 5. The predicted octanol–water partition coefficient (Wildman–Crippen LogP) is 5.84. The van der Waals surface area contributed by atoms with Crippen LogP contribution in [0.4, 0.5) is 0 Å². The van der Waals surface area contributed by atoms with Crippen molar-refractivity contribution in [1.29, 1.82) is 5.26 Å². The van der Waals surface area contributed by atoms with E-state index in [1.807, 2.05) is 54.1 Å². The van der Waals surface area contributed by atoms with Crippen LogP contribution in [0.15, 0.2) is 59.3 Å². The average Bonchev–Trinajstić information content (AvgIpc) is 3.50. The van der Waals surface area contributed by atoms with Gasteiger partial charge in [0.1, 0.15) is 17.5 Å². The van der Waals surface area contributed by atoms with E-state index in [-0.39, 0.29) is 0 Å². The summed E-state index contributed by atoms with van der Waals surface area (Å²) in [4.78, 5) is 9.61. The highest BCUT2D eigenvalue weighted by atomic mass is 35.5. The molecular weight excluding hydrogens is 448 g/mol. The second-order valence-electron chi connectivity index (χ2n) is 8.53. The van der Waals surface area contributed by atoms with Crippen molar-refractivity contribution >= 4 is 22.7 Å². The van der Waals surface area contributed by atoms with E-state index in [9.17, 15) is 5.26 Å². The second-order valence-corrected chi connectivity index (χ2v) is 8.80. The smallest absolute Gasteiger partial charge is 0.246 e. The first-order valence-electron chi connectivity index (χ1n) is 11.0. The Morgan fingerprint density at radius 1 is 1.09 bits per heavy atom. The molecule has 1 saturated carbocycles. The van der Waals surface area contributed by atoms with E-state index in [0.717, 1.165) is 46.3 Å². The molecule has 0 radical (unpaired) electrons. The number of aryl methyl sites for hydroxylation is 1. The van der Waals surface area contributed by atoms with E-state index < -0.39 is 0 Å². The molecule has 7 nitrogen and oxygen atoms in total. The molecule has 0 spiro atoms. The standard InChI is InChI=1S/C26H19ClN6O/c1-33-14-29-32-25(33)20-8-16(13-28)2-6-19(20)18-10-21(17-4-5-17)30-23(11-18)26-31-22-9-15(12-27)3-7-24(22)34-26/h2-3,6-11,14,17H,4-5,12H2,1H3. The largest absolute Gasteiger partial charge is 0.435 e. The highest BCUT2D eigenvalue weighted by Crippen LogP contribution is 2.42. The number of hydrogen-bond acceptors (Lipinski definition) is 6. The SMILES string of the molecule is Cn1cnnc1-c1cc(C#N)ccc1-c1cc(-c2nc3cc(CCl)ccc3o2)nc(C2CC2)c1. The predicted molar refractivity (Wildman–Crippen MR) is 129 cm³/mol. The van der Waals surface area contributed by atoms with Crippen LogP contribution in [0.3, 0.4) is 0 Å². The van der Waals surface area contributed by atoms with Crippen molar-refractivity contribution in [2.24, 2.45) is 7.05 Å². The zero-order valence-corrected chi connectivity index (χ0v) is 19.1. The highest BCUT2D eigenvalue weighted by Gasteiger charge is 2.27. The van der Waals surface area contributed by atoms with Crippen molar-refractivity contribution in [3.63, 3.8) is 0 Å². The van der Waals surface area contributed by atoms with Gasteiger partial charge in [-0.25, -0.2) is 9.97 Å². The van der Waals surface area contributed by atoms with Gasteiger partial charge in [-0.05, 0) is 65.9 Å². The third-order valence-corrected chi connectivity index (χ3v) is 6.39. The molecule has 2 aromatic carbocycles. The summed E-state index contributed by atoms with van der Waals surface area (Å²) in [6, 6.07) is 17.7. The lowest BCUT2D eigenvalue weighted by atomic mass is 9.96. The molecule has 0 saturated heterocycles. The summed E-state index contributed by atoms with van der Waals surface area (Å²) < 4.78 is 7.92. The molecule has 166 valence electrons. The molecule has 3 aromatic heterocycles. The number of fused-ring (bicyclic) bond motifs is 1. The second kappa shape index (κ2) is 8.08. The molecule has 0 bridgehead atoms. The Kier molecular flexibility index (Phi) is 4.89. The number of hydrogen-bond donors (Lipinski definition) is 0. The van der Waals surface area contributed by atoms with Crippen LogP contribution < -0.4 is 0 Å². The molecule has 34 heavy (non-hydrogen) atoms. The van der Waals surface area contributed by atoms with Crippen LogP contribution in [0.25, 0.3) is 45.2 Å². The molecule has 1 aliphatic carbocycles. The fourth-order valence-electron chi connectivity index (χ4n) is 4.15. The molecule has 0 N–H and O–H groups in total. The number of alkyl halides is 1. The number of nitriles is 1. The van der Waals surface area contributed by atoms with Gasteiger partial charge in [0.15, 0.2) is 11.4 Å². The van der Waals surface area contributed by atoms with E-state index >= 15 is 0 Å². The minimum atomic E-state index is 0.418. The summed E-state index contributed by atoms with van der Waals surface area (Å²) >= 11 is 5.99. The first-order chi connectivity index (χ1) is 16.6. The minimum absolute atomic E-state index is 0.418. The van der Waals surface area contributed by atoms with Crippen LogP contribution in [-0.4, -0.2) is 24.7 Å². The van der Waals surface area contributed by atoms with E-state index in [0.29, 0.717) is 40.4 Å². The first-order valence-corrected chi connectivity index (χ1v) is 11.5. The topological polar surface area (TPSA) is 93.4 Å². The van der Waals surface area contributed by atoms with Crippen LogP contribution in [0.2, 0.25) is 0 Å². The highest BCUT2D eigenvalue weighted by molar-refractivity contribution is 6.17. The zero-order chi connectivity index (χ0) is 23.2. The van der Waals surface area contributed by atoms with Gasteiger partial charge >= 0.3 is 0 Å². The van der Waals surface area contributed by atoms with Crippen LogP contribution in [0.5, 0.6) is 0 Å². The van der Waals surface area contributed by atoms with Crippen LogP contribution in [-0.2, 0) is 12.9 Å². The quantitative estimate of drug-likeness (QED) is 0.302. The third-order valence-electron chi connectivity index (χ3n) is 6.08. The summed E-state index contributed by atoms with van der Waals surface area (Å²) in [5.41, 5.74) is 7.45. The maximum atomic E-state index is 9.48. The van der Waals surface area contributed by atoms with E-state index in [1.165, 1.54) is 0 Å². The van der Waals surface area contributed by atoms with Crippen LogP contribution in [0.1, 0.15) is 35.6 Å². The minimum Gasteiger partial charge on any atom is -0.435 e. The van der Waals surface area contributed by atoms with Crippen molar-refractivity contribution < 1.29 is 4.42 Å². The van der Waals surface area contributed by atoms with Gasteiger partial charge in [-0.2, -0.15) is 5.26 Å². The van der Waals surface area contributed by atoms with Gasteiger partial charge in [0.25, 0.3) is 0 Å². The average molecular weight is 467 g/mol. The molecular formula is C26H19ClN6O. The molecule has 6 rings (SSSR count). The monoisotopic (exact) mass is 466 g/mol. The Balaban J connectivity index is 1.54. The maximum absolute atomic E-state index is 9.48. The van der Waals surface area contributed by atoms with Gasteiger partial charge in [0.05, 0.1) is 11.6 Å². The molecule has 1 fully saturated rings. The molecule has 8 heteroatoms. The summed E-state index contributed by atoms with van der Waals surface area (Å²) in [7, 11) is 1.89. The number of benzene rings is 2. The Hall–Kier alpha value is -4.02. The van der Waals surface area contributed by atoms with Crippen molar-refractivity contribution in [2.75, 3.05) is 0 Å². The lowest BCUT2D eigenvalue weighted by Gasteiger charge is -2.12. The van der Waals surface area contributed by atoms with E-state index in [2.05, 4.69) is 22.3 Å². The zero-order valence-electron chi connectivity index (χ0n) is 18.4. The number of nitrogens with zero attached hydrogens (tertiary/aromatic N) is 6. The van der Waals surface area contributed by atoms with Crippen molar-refractivity contribution in [3.8, 4) is 40.2 Å². The molecule has 0 unspecified atom stereocenters. The van der Waals surface area contributed by atoms with Gasteiger partial charge in [-0.15, -0.1) is 21.8 Å². The molecule has 3 heterocycles. The van der Waals surface area contributed by atoms with Crippen molar-refractivity contribution in [3.05, 3.63) is 71.7 Å². The normalized spacial score (nSPS) is 13.3. The van der Waals surface area contributed by atoms with Gasteiger partial charge in [-0.1, -0.05) is 12.1 Å². The molecule has 1 aliphatic rings. The van der Waals surface area contributed by atoms with Crippen LogP contribution >= 0.6 is 11.6 Å². The van der Waals surface area contributed by atoms with Crippen LogP contribution in [0, 0.1) is 11.3 Å². The maximum Gasteiger partial charge on any atom is 0.246 e. The number of pyridine rings is 1. The molecule has 0 aliphatic heterocycles. The summed E-state index contributed by atoms with van der Waals surface area (Å²) in [6.07, 6.45) is 3.89. The molecule has 0 amide bonds. The van der Waals surface area contributed by atoms with Gasteiger partial charge in [0.2, 0.25) is 5.89 Å². The number of halogens is 1. The Morgan fingerprint density at radius 2 is 1.97 bits per heavy atom. The summed E-state index contributed by atoms with van der Waals surface area (Å²) in [5, 5.41) is 17.8. The number of aromatic nitrogens is 5. The Bertz CT molecular complexity index is 1590. The third kappa shape index (κ3) is 3.62. The van der Waals surface area contributed by atoms with Gasteiger partial charge < -0.3 is 8.98 Å². The molecule has 5 aromatic rings.